The van der Waals surface area contributed by atoms with Gasteiger partial charge in [0.1, 0.15) is 12.4 Å². The molecule has 7 heteroatoms. The molecule has 2 aromatic rings. The summed E-state index contributed by atoms with van der Waals surface area (Å²) < 4.78 is 26.2. The van der Waals surface area contributed by atoms with Crippen molar-refractivity contribution in [2.45, 2.75) is 39.0 Å². The highest BCUT2D eigenvalue weighted by Gasteiger charge is 2.22. The summed E-state index contributed by atoms with van der Waals surface area (Å²) in [7, 11) is 1.60. The van der Waals surface area contributed by atoms with Crippen molar-refractivity contribution in [1.82, 2.24) is 10.2 Å². The van der Waals surface area contributed by atoms with E-state index in [-0.39, 0.29) is 12.4 Å². The van der Waals surface area contributed by atoms with Gasteiger partial charge in [-0.3, -0.25) is 4.90 Å². The highest BCUT2D eigenvalue weighted by Crippen LogP contribution is 2.34. The lowest BCUT2D eigenvalue weighted by Crippen LogP contribution is -2.37. The molecule has 1 aliphatic heterocycles. The minimum Gasteiger partial charge on any atom is -0.493 e. The van der Waals surface area contributed by atoms with Crippen LogP contribution in [0.25, 0.3) is 0 Å². The van der Waals surface area contributed by atoms with Crippen molar-refractivity contribution in [3.8, 4) is 11.5 Å². The van der Waals surface area contributed by atoms with E-state index in [4.69, 9.17) is 21.1 Å². The number of likely N-dealkylation sites (tertiary alicyclic amines) is 1. The van der Waals surface area contributed by atoms with Gasteiger partial charge in [0.2, 0.25) is 0 Å². The fraction of sp³-hybridized carbons (Fsp3) is 0.455. The molecule has 0 aliphatic carbocycles. The van der Waals surface area contributed by atoms with Crippen molar-refractivity contribution >= 4 is 27.5 Å². The summed E-state index contributed by atoms with van der Waals surface area (Å²) in [5.74, 6) is 0.758. The van der Waals surface area contributed by atoms with Crippen LogP contribution in [0, 0.1) is 5.82 Å². The van der Waals surface area contributed by atoms with Crippen LogP contribution >= 0.6 is 27.5 Å². The SMILES string of the molecule is CCN1CCCC1CNCc1cc(OC)c(OCc2c(F)cccc2Cl)cc1Br. The number of benzene rings is 2. The lowest BCUT2D eigenvalue weighted by Gasteiger charge is -2.23. The Morgan fingerprint density at radius 2 is 2.14 bits per heavy atom. The molecule has 0 bridgehead atoms. The number of nitrogens with one attached hydrogen (secondary N) is 1. The van der Waals surface area contributed by atoms with Gasteiger partial charge in [-0.25, -0.2) is 4.39 Å². The van der Waals surface area contributed by atoms with Gasteiger partial charge >= 0.3 is 0 Å². The quantitative estimate of drug-likeness (QED) is 0.515. The molecule has 1 N–H and O–H groups in total. The van der Waals surface area contributed by atoms with E-state index >= 15 is 0 Å². The molecule has 1 unspecified atom stereocenters. The van der Waals surface area contributed by atoms with Crippen LogP contribution in [0.4, 0.5) is 4.39 Å². The highest BCUT2D eigenvalue weighted by atomic mass is 79.9. The van der Waals surface area contributed by atoms with E-state index in [2.05, 4.69) is 33.1 Å². The zero-order chi connectivity index (χ0) is 20.8. The van der Waals surface area contributed by atoms with Gasteiger partial charge in [-0.1, -0.05) is 40.5 Å². The monoisotopic (exact) mass is 484 g/mol. The molecule has 4 nitrogen and oxygen atoms in total. The maximum Gasteiger partial charge on any atom is 0.162 e. The fourth-order valence-electron chi connectivity index (χ4n) is 3.72. The smallest absolute Gasteiger partial charge is 0.162 e. The van der Waals surface area contributed by atoms with Gasteiger partial charge in [-0.15, -0.1) is 0 Å². The number of halogens is 3. The Bertz CT molecular complexity index is 816. The number of nitrogens with zero attached hydrogens (tertiary/aromatic N) is 1. The normalized spacial score (nSPS) is 16.9. The molecule has 0 saturated carbocycles. The van der Waals surface area contributed by atoms with Crippen LogP contribution < -0.4 is 14.8 Å². The third kappa shape index (κ3) is 5.63. The van der Waals surface area contributed by atoms with Crippen molar-refractivity contribution in [1.29, 1.82) is 0 Å². The summed E-state index contributed by atoms with van der Waals surface area (Å²) in [5, 5.41) is 3.90. The molecule has 3 rings (SSSR count). The predicted molar refractivity (Wildman–Crippen MR) is 118 cm³/mol. The Kier molecular flexibility index (Phi) is 8.18. The molecule has 1 saturated heterocycles. The van der Waals surface area contributed by atoms with Crippen LogP contribution in [-0.4, -0.2) is 37.7 Å². The summed E-state index contributed by atoms with van der Waals surface area (Å²) >= 11 is 9.70. The fourth-order valence-corrected chi connectivity index (χ4v) is 4.40. The maximum absolute atomic E-state index is 14.0. The Labute approximate surface area is 185 Å². The first-order valence-corrected chi connectivity index (χ1v) is 11.1. The molecule has 1 fully saturated rings. The van der Waals surface area contributed by atoms with Gasteiger partial charge in [0.15, 0.2) is 11.5 Å². The van der Waals surface area contributed by atoms with Crippen molar-refractivity contribution in [3.63, 3.8) is 0 Å². The molecule has 0 amide bonds. The summed E-state index contributed by atoms with van der Waals surface area (Å²) in [6.45, 7) is 6.23. The zero-order valence-electron chi connectivity index (χ0n) is 16.8. The molecule has 1 heterocycles. The number of rotatable bonds is 9. The molecular formula is C22H27BrClFN2O2. The molecular weight excluding hydrogens is 459 g/mol. The van der Waals surface area contributed by atoms with Crippen molar-refractivity contribution in [3.05, 3.63) is 56.8 Å². The Balaban J connectivity index is 1.64. The topological polar surface area (TPSA) is 33.7 Å². The average Bonchev–Trinajstić information content (AvgIpc) is 3.16. The van der Waals surface area contributed by atoms with Crippen molar-refractivity contribution < 1.29 is 13.9 Å². The molecule has 2 aromatic carbocycles. The lowest BCUT2D eigenvalue weighted by atomic mass is 10.1. The molecule has 1 aliphatic rings. The Morgan fingerprint density at radius 1 is 1.31 bits per heavy atom. The second-order valence-corrected chi connectivity index (χ2v) is 8.40. The number of hydrogen-bond acceptors (Lipinski definition) is 4. The van der Waals surface area contributed by atoms with Crippen LogP contribution in [0.5, 0.6) is 11.5 Å². The van der Waals surface area contributed by atoms with Gasteiger partial charge in [-0.05, 0) is 55.8 Å². The van der Waals surface area contributed by atoms with Gasteiger partial charge in [0.25, 0.3) is 0 Å². The van der Waals surface area contributed by atoms with Crippen molar-refractivity contribution in [2.75, 3.05) is 26.7 Å². The van der Waals surface area contributed by atoms with E-state index < -0.39 is 0 Å². The zero-order valence-corrected chi connectivity index (χ0v) is 19.2. The molecule has 29 heavy (non-hydrogen) atoms. The largest absolute Gasteiger partial charge is 0.493 e. The first kappa shape index (κ1) is 22.3. The van der Waals surface area contributed by atoms with Crippen LogP contribution in [0.15, 0.2) is 34.8 Å². The van der Waals surface area contributed by atoms with E-state index in [1.165, 1.54) is 25.5 Å². The summed E-state index contributed by atoms with van der Waals surface area (Å²) in [5.41, 5.74) is 1.41. The van der Waals surface area contributed by atoms with Crippen LogP contribution in [0.2, 0.25) is 5.02 Å². The highest BCUT2D eigenvalue weighted by molar-refractivity contribution is 9.10. The third-order valence-electron chi connectivity index (χ3n) is 5.37. The minimum absolute atomic E-state index is 0.0282. The first-order valence-electron chi connectivity index (χ1n) is 9.90. The van der Waals surface area contributed by atoms with Crippen molar-refractivity contribution in [2.24, 2.45) is 0 Å². The maximum atomic E-state index is 14.0. The minimum atomic E-state index is -0.385. The standard InChI is InChI=1S/C22H27BrClFN2O2/c1-3-27-9-5-6-16(27)13-26-12-15-10-21(28-2)22(11-18(15)23)29-14-17-19(24)7-4-8-20(17)25/h4,7-8,10-11,16,26H,3,5-6,9,12-14H2,1-2H3. The third-order valence-corrected chi connectivity index (χ3v) is 6.46. The molecule has 0 aromatic heterocycles. The molecule has 158 valence electrons. The summed E-state index contributed by atoms with van der Waals surface area (Å²) in [6.07, 6.45) is 2.52. The second-order valence-electron chi connectivity index (χ2n) is 7.14. The van der Waals surface area contributed by atoms with E-state index in [0.29, 0.717) is 28.1 Å². The van der Waals surface area contributed by atoms with Crippen LogP contribution in [0.1, 0.15) is 30.9 Å². The lowest BCUT2D eigenvalue weighted by molar-refractivity contribution is 0.259. The van der Waals surface area contributed by atoms with Gasteiger partial charge in [0.05, 0.1) is 12.1 Å². The number of likely N-dealkylation sites (N-methyl/N-ethyl adjacent to an activating group) is 1. The molecule has 1 atom stereocenters. The summed E-state index contributed by atoms with van der Waals surface area (Å²) in [6, 6.07) is 9.01. The van der Waals surface area contributed by atoms with E-state index in [9.17, 15) is 4.39 Å². The molecule has 0 spiro atoms. The Hall–Kier alpha value is -1.34. The van der Waals surface area contributed by atoms with Crippen LogP contribution in [-0.2, 0) is 13.2 Å². The van der Waals surface area contributed by atoms with Gasteiger partial charge in [0, 0.05) is 29.2 Å². The van der Waals surface area contributed by atoms with Crippen LogP contribution in [0.3, 0.4) is 0 Å². The van der Waals surface area contributed by atoms with E-state index in [1.807, 2.05) is 12.1 Å². The van der Waals surface area contributed by atoms with E-state index in [0.717, 1.165) is 29.7 Å². The molecule has 0 radical (unpaired) electrons. The van der Waals surface area contributed by atoms with E-state index in [1.54, 1.807) is 19.2 Å². The summed E-state index contributed by atoms with van der Waals surface area (Å²) in [4.78, 5) is 2.52. The predicted octanol–water partition coefficient (Wildman–Crippen LogP) is 5.40. The second kappa shape index (κ2) is 10.6. The average molecular weight is 486 g/mol. The number of ether oxygens (including phenoxy) is 2. The van der Waals surface area contributed by atoms with Gasteiger partial charge in [-0.2, -0.15) is 0 Å². The first-order chi connectivity index (χ1) is 14.0. The number of methoxy groups -OCH3 is 1. The van der Waals surface area contributed by atoms with Gasteiger partial charge < -0.3 is 14.8 Å². The number of hydrogen-bond donors (Lipinski definition) is 1. The Morgan fingerprint density at radius 3 is 2.86 bits per heavy atom.